The van der Waals surface area contributed by atoms with Crippen LogP contribution in [-0.4, -0.2) is 31.7 Å². The molecule has 1 fully saturated rings. The van der Waals surface area contributed by atoms with E-state index in [1.165, 1.54) is 5.56 Å². The molecule has 1 saturated heterocycles. The fourth-order valence-electron chi connectivity index (χ4n) is 2.42. The summed E-state index contributed by atoms with van der Waals surface area (Å²) in [4.78, 5) is 12.4. The van der Waals surface area contributed by atoms with Crippen LogP contribution in [0.3, 0.4) is 0 Å². The lowest BCUT2D eigenvalue weighted by atomic mass is 9.82. The summed E-state index contributed by atoms with van der Waals surface area (Å²) in [5.74, 6) is -0.0218. The van der Waals surface area contributed by atoms with E-state index in [4.69, 9.17) is 10.5 Å². The van der Waals surface area contributed by atoms with Gasteiger partial charge in [-0.3, -0.25) is 4.79 Å². The van der Waals surface area contributed by atoms with E-state index in [9.17, 15) is 4.79 Å². The van der Waals surface area contributed by atoms with Gasteiger partial charge in [0.15, 0.2) is 0 Å². The molecule has 110 valence electrons. The van der Waals surface area contributed by atoms with E-state index in [0.29, 0.717) is 19.8 Å². The minimum atomic E-state index is -0.618. The van der Waals surface area contributed by atoms with E-state index in [2.05, 4.69) is 31.3 Å². The quantitative estimate of drug-likeness (QED) is 0.874. The Labute approximate surface area is 120 Å². The van der Waals surface area contributed by atoms with Crippen LogP contribution in [-0.2, 0) is 14.9 Å². The molecule has 0 aliphatic carbocycles. The number of hydrogen-bond acceptors (Lipinski definition) is 3. The largest absolute Gasteiger partial charge is 0.379 e. The predicted molar refractivity (Wildman–Crippen MR) is 79.4 cm³/mol. The van der Waals surface area contributed by atoms with Crippen LogP contribution in [0.4, 0.5) is 0 Å². The standard InChI is InChI=1S/C16H24N2O2/c1-15(2,12-7-5-4-6-8-12)10-18-14(19)16(3)11-20-9-13(16)17/h4-8,13H,9-11,17H2,1-3H3,(H,18,19). The Morgan fingerprint density at radius 1 is 1.45 bits per heavy atom. The summed E-state index contributed by atoms with van der Waals surface area (Å²) in [6.45, 7) is 7.54. The molecule has 0 spiro atoms. The number of carbonyl (C=O) groups is 1. The summed E-state index contributed by atoms with van der Waals surface area (Å²) in [7, 11) is 0. The highest BCUT2D eigenvalue weighted by molar-refractivity contribution is 5.83. The van der Waals surface area contributed by atoms with Crippen molar-refractivity contribution in [1.29, 1.82) is 0 Å². The van der Waals surface area contributed by atoms with Crippen molar-refractivity contribution >= 4 is 5.91 Å². The Bertz CT molecular complexity index is 473. The van der Waals surface area contributed by atoms with E-state index in [1.54, 1.807) is 0 Å². The second-order valence-electron chi connectivity index (χ2n) is 6.47. The molecule has 2 unspecified atom stereocenters. The zero-order valence-corrected chi connectivity index (χ0v) is 12.5. The molecular formula is C16H24N2O2. The van der Waals surface area contributed by atoms with Gasteiger partial charge in [-0.05, 0) is 12.5 Å². The predicted octanol–water partition coefficient (Wildman–Crippen LogP) is 1.44. The lowest BCUT2D eigenvalue weighted by molar-refractivity contribution is -0.130. The molecule has 2 rings (SSSR count). The van der Waals surface area contributed by atoms with E-state index in [1.807, 2.05) is 25.1 Å². The van der Waals surface area contributed by atoms with Gasteiger partial charge in [-0.15, -0.1) is 0 Å². The summed E-state index contributed by atoms with van der Waals surface area (Å²) in [6.07, 6.45) is 0. The monoisotopic (exact) mass is 276 g/mol. The molecule has 0 bridgehead atoms. The van der Waals surface area contributed by atoms with Crippen molar-refractivity contribution in [3.63, 3.8) is 0 Å². The van der Waals surface area contributed by atoms with Crippen molar-refractivity contribution in [3.05, 3.63) is 35.9 Å². The first kappa shape index (κ1) is 15.0. The molecule has 0 aromatic heterocycles. The lowest BCUT2D eigenvalue weighted by Crippen LogP contribution is -2.51. The maximum absolute atomic E-state index is 12.4. The number of hydrogen-bond donors (Lipinski definition) is 2. The van der Waals surface area contributed by atoms with Crippen molar-refractivity contribution in [1.82, 2.24) is 5.32 Å². The van der Waals surface area contributed by atoms with Crippen LogP contribution in [0.1, 0.15) is 26.3 Å². The lowest BCUT2D eigenvalue weighted by Gasteiger charge is -2.30. The normalized spacial score (nSPS) is 26.5. The average Bonchev–Trinajstić information content (AvgIpc) is 2.78. The minimum Gasteiger partial charge on any atom is -0.379 e. The summed E-state index contributed by atoms with van der Waals surface area (Å²) in [5.41, 5.74) is 6.45. The molecule has 2 atom stereocenters. The second kappa shape index (κ2) is 5.54. The van der Waals surface area contributed by atoms with E-state index in [-0.39, 0.29) is 17.4 Å². The van der Waals surface area contributed by atoms with Gasteiger partial charge < -0.3 is 15.8 Å². The van der Waals surface area contributed by atoms with Gasteiger partial charge in [0.25, 0.3) is 0 Å². The van der Waals surface area contributed by atoms with Crippen LogP contribution in [0.2, 0.25) is 0 Å². The first-order valence-electron chi connectivity index (χ1n) is 7.03. The fourth-order valence-corrected chi connectivity index (χ4v) is 2.42. The molecular weight excluding hydrogens is 252 g/mol. The highest BCUT2D eigenvalue weighted by Crippen LogP contribution is 2.28. The maximum Gasteiger partial charge on any atom is 0.229 e. The number of carbonyl (C=O) groups excluding carboxylic acids is 1. The van der Waals surface area contributed by atoms with Crippen LogP contribution in [0, 0.1) is 5.41 Å². The third-order valence-electron chi connectivity index (χ3n) is 4.28. The highest BCUT2D eigenvalue weighted by atomic mass is 16.5. The van der Waals surface area contributed by atoms with Crippen LogP contribution >= 0.6 is 0 Å². The number of amides is 1. The molecule has 0 saturated carbocycles. The smallest absolute Gasteiger partial charge is 0.229 e. The summed E-state index contributed by atoms with van der Waals surface area (Å²) < 4.78 is 5.32. The van der Waals surface area contributed by atoms with Crippen LogP contribution in [0.25, 0.3) is 0 Å². The summed E-state index contributed by atoms with van der Waals surface area (Å²) >= 11 is 0. The van der Waals surface area contributed by atoms with Crippen molar-refractivity contribution in [2.45, 2.75) is 32.2 Å². The minimum absolute atomic E-state index is 0.0218. The van der Waals surface area contributed by atoms with Crippen molar-refractivity contribution in [2.75, 3.05) is 19.8 Å². The third kappa shape index (κ3) is 2.86. The summed E-state index contributed by atoms with van der Waals surface area (Å²) in [5, 5.41) is 3.04. The Balaban J connectivity index is 2.00. The fraction of sp³-hybridized carbons (Fsp3) is 0.562. The number of nitrogens with two attached hydrogens (primary N) is 1. The van der Waals surface area contributed by atoms with Gasteiger partial charge in [-0.1, -0.05) is 44.2 Å². The van der Waals surface area contributed by atoms with Gasteiger partial charge >= 0.3 is 0 Å². The molecule has 4 nitrogen and oxygen atoms in total. The zero-order valence-electron chi connectivity index (χ0n) is 12.5. The molecule has 1 aliphatic heterocycles. The molecule has 3 N–H and O–H groups in total. The van der Waals surface area contributed by atoms with Gasteiger partial charge in [-0.25, -0.2) is 0 Å². The molecule has 0 radical (unpaired) electrons. The first-order chi connectivity index (χ1) is 9.36. The molecule has 1 aromatic carbocycles. The van der Waals surface area contributed by atoms with Gasteiger partial charge in [0, 0.05) is 18.0 Å². The van der Waals surface area contributed by atoms with Crippen molar-refractivity contribution in [2.24, 2.45) is 11.1 Å². The molecule has 20 heavy (non-hydrogen) atoms. The molecule has 1 aliphatic rings. The highest BCUT2D eigenvalue weighted by Gasteiger charge is 2.44. The van der Waals surface area contributed by atoms with Crippen LogP contribution in [0.15, 0.2) is 30.3 Å². The molecule has 4 heteroatoms. The van der Waals surface area contributed by atoms with Crippen LogP contribution in [0.5, 0.6) is 0 Å². The first-order valence-corrected chi connectivity index (χ1v) is 7.03. The van der Waals surface area contributed by atoms with Crippen molar-refractivity contribution in [3.8, 4) is 0 Å². The van der Waals surface area contributed by atoms with Gasteiger partial charge in [0.2, 0.25) is 5.91 Å². The Morgan fingerprint density at radius 3 is 2.65 bits per heavy atom. The second-order valence-corrected chi connectivity index (χ2v) is 6.47. The van der Waals surface area contributed by atoms with Gasteiger partial charge in [0.1, 0.15) is 0 Å². The van der Waals surface area contributed by atoms with Crippen molar-refractivity contribution < 1.29 is 9.53 Å². The number of ether oxygens (including phenoxy) is 1. The maximum atomic E-state index is 12.4. The zero-order chi connectivity index (χ0) is 14.8. The Hall–Kier alpha value is -1.39. The average molecular weight is 276 g/mol. The van der Waals surface area contributed by atoms with E-state index in [0.717, 1.165) is 0 Å². The number of rotatable bonds is 4. The topological polar surface area (TPSA) is 64.3 Å². The SMILES string of the molecule is CC(C)(CNC(=O)C1(C)COCC1N)c1ccccc1. The molecule has 1 heterocycles. The number of benzene rings is 1. The molecule has 1 amide bonds. The Kier molecular flexibility index (Phi) is 4.16. The molecule has 1 aromatic rings. The Morgan fingerprint density at radius 2 is 2.10 bits per heavy atom. The van der Waals surface area contributed by atoms with Gasteiger partial charge in [-0.2, -0.15) is 0 Å². The van der Waals surface area contributed by atoms with Crippen LogP contribution < -0.4 is 11.1 Å². The van der Waals surface area contributed by atoms with Gasteiger partial charge in [0.05, 0.1) is 18.6 Å². The third-order valence-corrected chi connectivity index (χ3v) is 4.28. The number of nitrogens with one attached hydrogen (secondary N) is 1. The summed E-state index contributed by atoms with van der Waals surface area (Å²) in [6, 6.07) is 9.95. The van der Waals surface area contributed by atoms with E-state index < -0.39 is 5.41 Å². The van der Waals surface area contributed by atoms with E-state index >= 15 is 0 Å².